The first kappa shape index (κ1) is 18.6. The maximum absolute atomic E-state index is 13.3. The lowest BCUT2D eigenvalue weighted by Crippen LogP contribution is -2.45. The van der Waals surface area contributed by atoms with Crippen molar-refractivity contribution in [2.45, 2.75) is 54.9 Å². The van der Waals surface area contributed by atoms with E-state index in [2.05, 4.69) is 39.8 Å². The Morgan fingerprint density at radius 1 is 1.38 bits per heavy atom. The summed E-state index contributed by atoms with van der Waals surface area (Å²) in [5, 5.41) is 0. The fraction of sp³-hybridized carbons (Fsp3) is 0.571. The highest BCUT2D eigenvalue weighted by molar-refractivity contribution is 6.03. The lowest BCUT2D eigenvalue weighted by atomic mass is 9.61. The number of Topliss-reactive ketones (excluding diaryl/α,β-unsaturated/α-hetero) is 1. The number of methoxy groups -OCH3 is 1. The molecule has 0 spiro atoms. The van der Waals surface area contributed by atoms with Crippen LogP contribution in [0.4, 0.5) is 0 Å². The molecule has 1 heterocycles. The Balaban J connectivity index is 2.60. The van der Waals surface area contributed by atoms with Gasteiger partial charge in [0.1, 0.15) is 5.76 Å². The number of fused-ring (bicyclic) bond motifs is 1. The second kappa shape index (κ2) is 6.62. The van der Waals surface area contributed by atoms with E-state index < -0.39 is 5.41 Å². The second-order valence-corrected chi connectivity index (χ2v) is 7.66. The van der Waals surface area contributed by atoms with Gasteiger partial charge in [-0.2, -0.15) is 0 Å². The lowest BCUT2D eigenvalue weighted by molar-refractivity contribution is -0.129. The molecule has 0 aromatic rings. The summed E-state index contributed by atoms with van der Waals surface area (Å²) < 4.78 is 11.3. The fourth-order valence-corrected chi connectivity index (χ4v) is 4.11. The van der Waals surface area contributed by atoms with Crippen molar-refractivity contribution in [3.05, 3.63) is 46.1 Å². The highest BCUT2D eigenvalue weighted by Gasteiger charge is 2.53. The van der Waals surface area contributed by atoms with E-state index in [4.69, 9.17) is 9.47 Å². The summed E-state index contributed by atoms with van der Waals surface area (Å²) in [5.41, 5.74) is 3.30. The normalized spacial score (nSPS) is 28.0. The first-order chi connectivity index (χ1) is 11.1. The Kier molecular flexibility index (Phi) is 5.12. The van der Waals surface area contributed by atoms with E-state index in [9.17, 15) is 4.79 Å². The highest BCUT2D eigenvalue weighted by atomic mass is 16.7. The van der Waals surface area contributed by atoms with Crippen LogP contribution >= 0.6 is 0 Å². The number of ether oxygens (including phenoxy) is 2. The molecule has 1 aliphatic heterocycles. The Bertz CT molecular complexity index is 673. The van der Waals surface area contributed by atoms with Gasteiger partial charge in [-0.1, -0.05) is 37.1 Å². The first-order valence-electron chi connectivity index (χ1n) is 8.68. The van der Waals surface area contributed by atoms with Crippen molar-refractivity contribution >= 4 is 5.78 Å². The Labute approximate surface area is 146 Å². The molecule has 2 aliphatic rings. The molecule has 0 aromatic carbocycles. The van der Waals surface area contributed by atoms with Gasteiger partial charge < -0.3 is 9.47 Å². The molecule has 0 saturated carbocycles. The van der Waals surface area contributed by atoms with Crippen LogP contribution in [0.3, 0.4) is 0 Å². The van der Waals surface area contributed by atoms with Gasteiger partial charge in [-0.05, 0) is 52.5 Å². The molecule has 0 bridgehead atoms. The van der Waals surface area contributed by atoms with Gasteiger partial charge in [0.2, 0.25) is 0 Å². The van der Waals surface area contributed by atoms with Gasteiger partial charge in [0.25, 0.3) is 5.95 Å². The van der Waals surface area contributed by atoms with Crippen molar-refractivity contribution in [1.29, 1.82) is 0 Å². The Hall–Kier alpha value is -1.77. The van der Waals surface area contributed by atoms with Crippen molar-refractivity contribution in [1.82, 2.24) is 0 Å². The number of ketones is 1. The van der Waals surface area contributed by atoms with E-state index in [1.165, 1.54) is 11.1 Å². The smallest absolute Gasteiger partial charge is 0.290 e. The second-order valence-electron chi connectivity index (χ2n) is 7.66. The van der Waals surface area contributed by atoms with Gasteiger partial charge in [0.05, 0.1) is 18.1 Å². The molecule has 0 N–H and O–H groups in total. The molecule has 0 unspecified atom stereocenters. The van der Waals surface area contributed by atoms with Crippen molar-refractivity contribution in [3.8, 4) is 0 Å². The third kappa shape index (κ3) is 2.85. The Morgan fingerprint density at radius 3 is 2.54 bits per heavy atom. The molecule has 2 atom stereocenters. The average Bonchev–Trinajstić information content (AvgIpc) is 2.50. The maximum Gasteiger partial charge on any atom is 0.290 e. The van der Waals surface area contributed by atoms with Gasteiger partial charge in [-0.3, -0.25) is 4.79 Å². The standard InChI is InChI=1S/C21H30O3/c1-12(2)9-10-13(3)17-14(4)11-15(5)19-21(17,7)18(22)16(6)20(23-8)24-19/h10-12,17H,9H2,1-8H3/b13-10+/t17-,21+/m1/s1. The number of carbonyl (C=O) groups excluding carboxylic acids is 1. The van der Waals surface area contributed by atoms with Gasteiger partial charge >= 0.3 is 0 Å². The number of carbonyl (C=O) groups is 1. The molecule has 24 heavy (non-hydrogen) atoms. The molecule has 3 nitrogen and oxygen atoms in total. The largest absolute Gasteiger partial charge is 0.468 e. The average molecular weight is 330 g/mol. The molecule has 2 rings (SSSR count). The van der Waals surface area contributed by atoms with Crippen LogP contribution in [0, 0.1) is 17.3 Å². The van der Waals surface area contributed by atoms with Crippen LogP contribution in [-0.4, -0.2) is 12.9 Å². The minimum atomic E-state index is -0.702. The van der Waals surface area contributed by atoms with Crippen LogP contribution in [0.25, 0.3) is 0 Å². The molecule has 0 radical (unpaired) electrons. The molecule has 0 amide bonds. The molecule has 0 saturated heterocycles. The summed E-state index contributed by atoms with van der Waals surface area (Å²) in [6, 6.07) is 0. The molecular weight excluding hydrogens is 300 g/mol. The van der Waals surface area contributed by atoms with E-state index in [1.54, 1.807) is 14.0 Å². The number of hydrogen-bond acceptors (Lipinski definition) is 3. The Morgan fingerprint density at radius 2 is 2.00 bits per heavy atom. The number of hydrogen-bond donors (Lipinski definition) is 0. The minimum Gasteiger partial charge on any atom is -0.468 e. The molecule has 1 aliphatic carbocycles. The predicted molar refractivity (Wildman–Crippen MR) is 97.1 cm³/mol. The van der Waals surface area contributed by atoms with E-state index >= 15 is 0 Å². The van der Waals surface area contributed by atoms with Crippen LogP contribution in [0.1, 0.15) is 54.9 Å². The van der Waals surface area contributed by atoms with Crippen LogP contribution in [0.2, 0.25) is 0 Å². The van der Waals surface area contributed by atoms with Gasteiger partial charge in [-0.25, -0.2) is 0 Å². The lowest BCUT2D eigenvalue weighted by Gasteiger charge is -2.45. The summed E-state index contributed by atoms with van der Waals surface area (Å²) in [7, 11) is 1.54. The first-order valence-corrected chi connectivity index (χ1v) is 8.68. The summed E-state index contributed by atoms with van der Waals surface area (Å²) in [6.45, 7) is 14.5. The third-order valence-electron chi connectivity index (χ3n) is 5.17. The van der Waals surface area contributed by atoms with Gasteiger partial charge in [0.15, 0.2) is 5.78 Å². The minimum absolute atomic E-state index is 0.0239. The van der Waals surface area contributed by atoms with Gasteiger partial charge in [0, 0.05) is 5.92 Å². The van der Waals surface area contributed by atoms with Crippen LogP contribution < -0.4 is 0 Å². The van der Waals surface area contributed by atoms with Crippen molar-refractivity contribution in [2.75, 3.05) is 7.11 Å². The zero-order chi connectivity index (χ0) is 18.2. The van der Waals surface area contributed by atoms with E-state index in [-0.39, 0.29) is 11.7 Å². The monoisotopic (exact) mass is 330 g/mol. The van der Waals surface area contributed by atoms with Crippen LogP contribution in [0.15, 0.2) is 46.1 Å². The van der Waals surface area contributed by atoms with Gasteiger partial charge in [-0.15, -0.1) is 0 Å². The topological polar surface area (TPSA) is 35.5 Å². The SMILES string of the molecule is COC1=C(C)C(=O)[C@@]2(C)C(=C(C)C=C(C)[C@H]2/C(C)=C/CC(C)C)O1. The summed E-state index contributed by atoms with van der Waals surface area (Å²) >= 11 is 0. The fourth-order valence-electron chi connectivity index (χ4n) is 4.11. The molecular formula is C21H30O3. The zero-order valence-corrected chi connectivity index (χ0v) is 16.2. The van der Waals surface area contributed by atoms with Crippen molar-refractivity contribution in [3.63, 3.8) is 0 Å². The predicted octanol–water partition coefficient (Wildman–Crippen LogP) is 5.31. The number of allylic oxidation sites excluding steroid dienone is 7. The zero-order valence-electron chi connectivity index (χ0n) is 16.2. The summed E-state index contributed by atoms with van der Waals surface area (Å²) in [5.74, 6) is 1.76. The number of rotatable bonds is 4. The van der Waals surface area contributed by atoms with E-state index in [0.717, 1.165) is 17.8 Å². The van der Waals surface area contributed by atoms with Crippen LogP contribution in [0.5, 0.6) is 0 Å². The van der Waals surface area contributed by atoms with E-state index in [0.29, 0.717) is 17.4 Å². The quantitative estimate of drug-likeness (QED) is 0.655. The summed E-state index contributed by atoms with van der Waals surface area (Å²) in [4.78, 5) is 13.3. The van der Waals surface area contributed by atoms with Crippen LogP contribution in [-0.2, 0) is 14.3 Å². The third-order valence-corrected chi connectivity index (χ3v) is 5.17. The van der Waals surface area contributed by atoms with Crippen molar-refractivity contribution < 1.29 is 14.3 Å². The molecule has 0 aromatic heterocycles. The highest BCUT2D eigenvalue weighted by Crippen LogP contribution is 2.53. The maximum atomic E-state index is 13.3. The molecule has 3 heteroatoms. The molecule has 0 fully saturated rings. The summed E-state index contributed by atoms with van der Waals surface area (Å²) in [6.07, 6.45) is 5.42. The molecule has 132 valence electrons. The van der Waals surface area contributed by atoms with E-state index in [1.807, 2.05) is 13.8 Å². The van der Waals surface area contributed by atoms with Crippen molar-refractivity contribution in [2.24, 2.45) is 17.3 Å².